The average molecular weight is 253 g/mol. The molecule has 0 aliphatic heterocycles. The molecule has 0 aliphatic carbocycles. The second-order valence-electron chi connectivity index (χ2n) is 4.07. The van der Waals surface area contributed by atoms with Crippen LogP contribution in [-0.2, 0) is 4.74 Å². The molecule has 2 N–H and O–H groups in total. The summed E-state index contributed by atoms with van der Waals surface area (Å²) in [7, 11) is 1.66. The van der Waals surface area contributed by atoms with Crippen molar-refractivity contribution in [2.45, 2.75) is 26.7 Å². The van der Waals surface area contributed by atoms with E-state index in [1.807, 2.05) is 0 Å². The van der Waals surface area contributed by atoms with E-state index in [4.69, 9.17) is 4.74 Å². The number of ether oxygens (including phenoxy) is 1. The van der Waals surface area contributed by atoms with Crippen LogP contribution in [0.2, 0.25) is 0 Å². The Morgan fingerprint density at radius 2 is 2.06 bits per heavy atom. The Bertz CT molecular complexity index is 421. The molecule has 1 aromatic heterocycles. The number of methoxy groups -OCH3 is 1. The predicted molar refractivity (Wildman–Crippen MR) is 68.1 cm³/mol. The molecule has 0 spiro atoms. The number of aromatic carboxylic acids is 1. The van der Waals surface area contributed by atoms with E-state index in [0.29, 0.717) is 30.2 Å². The third kappa shape index (κ3) is 3.66. The van der Waals surface area contributed by atoms with Crippen molar-refractivity contribution >= 4 is 11.8 Å². The quantitative estimate of drug-likeness (QED) is 0.718. The van der Waals surface area contributed by atoms with Crippen LogP contribution in [0.1, 0.15) is 34.5 Å². The summed E-state index contributed by atoms with van der Waals surface area (Å²) in [6.07, 6.45) is 1.81. The summed E-state index contributed by atoms with van der Waals surface area (Å²) in [5.41, 5.74) is 1.49. The maximum atomic E-state index is 11.2. The lowest BCUT2D eigenvalue weighted by Gasteiger charge is -2.11. The Kier molecular flexibility index (Phi) is 5.51. The molecular formula is C12H19N3O3. The van der Waals surface area contributed by atoms with Gasteiger partial charge in [-0.15, -0.1) is 5.10 Å². The fraction of sp³-hybridized carbons (Fsp3) is 0.583. The van der Waals surface area contributed by atoms with Gasteiger partial charge in [-0.25, -0.2) is 4.79 Å². The summed E-state index contributed by atoms with van der Waals surface area (Å²) >= 11 is 0. The molecule has 0 bridgehead atoms. The zero-order valence-electron chi connectivity index (χ0n) is 11.0. The molecule has 18 heavy (non-hydrogen) atoms. The van der Waals surface area contributed by atoms with Crippen LogP contribution < -0.4 is 5.32 Å². The van der Waals surface area contributed by atoms with E-state index in [1.165, 1.54) is 0 Å². The third-order valence-corrected chi connectivity index (χ3v) is 2.74. The molecule has 1 rings (SSSR count). The number of aryl methyl sites for hydroxylation is 1. The molecule has 0 amide bonds. The molecule has 1 aromatic rings. The number of hydrogen-bond donors (Lipinski definition) is 2. The van der Waals surface area contributed by atoms with Crippen LogP contribution in [0.3, 0.4) is 0 Å². The first-order valence-electron chi connectivity index (χ1n) is 5.88. The molecule has 0 unspecified atom stereocenters. The van der Waals surface area contributed by atoms with Gasteiger partial charge in [0.1, 0.15) is 5.56 Å². The van der Waals surface area contributed by atoms with Gasteiger partial charge in [0, 0.05) is 20.3 Å². The van der Waals surface area contributed by atoms with Crippen molar-refractivity contribution in [1.82, 2.24) is 10.2 Å². The van der Waals surface area contributed by atoms with E-state index < -0.39 is 5.97 Å². The summed E-state index contributed by atoms with van der Waals surface area (Å²) in [6.45, 7) is 4.84. The number of carboxylic acids is 1. The third-order valence-electron chi connectivity index (χ3n) is 2.74. The van der Waals surface area contributed by atoms with Gasteiger partial charge in [0.25, 0.3) is 0 Å². The second kappa shape index (κ2) is 6.90. The van der Waals surface area contributed by atoms with Crippen molar-refractivity contribution < 1.29 is 14.6 Å². The number of aromatic nitrogens is 2. The van der Waals surface area contributed by atoms with Crippen molar-refractivity contribution in [1.29, 1.82) is 0 Å². The maximum absolute atomic E-state index is 11.2. The number of carbonyl (C=O) groups is 1. The smallest absolute Gasteiger partial charge is 0.339 e. The summed E-state index contributed by atoms with van der Waals surface area (Å²) in [4.78, 5) is 11.2. The van der Waals surface area contributed by atoms with E-state index in [0.717, 1.165) is 12.8 Å². The first kappa shape index (κ1) is 14.4. The Morgan fingerprint density at radius 3 is 2.67 bits per heavy atom. The highest BCUT2D eigenvalue weighted by atomic mass is 16.5. The highest BCUT2D eigenvalue weighted by molar-refractivity contribution is 5.94. The van der Waals surface area contributed by atoms with E-state index >= 15 is 0 Å². The first-order valence-corrected chi connectivity index (χ1v) is 5.88. The monoisotopic (exact) mass is 253 g/mol. The lowest BCUT2D eigenvalue weighted by molar-refractivity contribution is 0.0696. The molecule has 0 saturated carbocycles. The number of rotatable bonds is 7. The van der Waals surface area contributed by atoms with E-state index in [9.17, 15) is 9.90 Å². The van der Waals surface area contributed by atoms with Crippen LogP contribution >= 0.6 is 0 Å². The molecule has 0 saturated heterocycles. The SMILES string of the molecule is COCCCCNc1nnc(C)c(C)c1C(=O)O. The van der Waals surface area contributed by atoms with Crippen LogP contribution in [0.5, 0.6) is 0 Å². The molecule has 6 nitrogen and oxygen atoms in total. The van der Waals surface area contributed by atoms with Crippen LogP contribution in [0.25, 0.3) is 0 Å². The topological polar surface area (TPSA) is 84.3 Å². The highest BCUT2D eigenvalue weighted by Crippen LogP contribution is 2.18. The average Bonchev–Trinajstić information content (AvgIpc) is 2.33. The largest absolute Gasteiger partial charge is 0.478 e. The molecule has 1 heterocycles. The summed E-state index contributed by atoms with van der Waals surface area (Å²) in [5, 5.41) is 20.0. The lowest BCUT2D eigenvalue weighted by atomic mass is 10.1. The zero-order chi connectivity index (χ0) is 13.5. The second-order valence-corrected chi connectivity index (χ2v) is 4.07. The Morgan fingerprint density at radius 1 is 1.33 bits per heavy atom. The van der Waals surface area contributed by atoms with Gasteiger partial charge in [-0.3, -0.25) is 0 Å². The minimum absolute atomic E-state index is 0.203. The van der Waals surface area contributed by atoms with E-state index in [1.54, 1.807) is 21.0 Å². The molecule has 0 aromatic carbocycles. The van der Waals surface area contributed by atoms with Crippen LogP contribution in [0.4, 0.5) is 5.82 Å². The molecular weight excluding hydrogens is 234 g/mol. The Hall–Kier alpha value is -1.69. The number of nitrogens with zero attached hydrogens (tertiary/aromatic N) is 2. The van der Waals surface area contributed by atoms with Gasteiger partial charge >= 0.3 is 5.97 Å². The minimum atomic E-state index is -0.982. The van der Waals surface area contributed by atoms with Crippen LogP contribution in [0, 0.1) is 13.8 Å². The Balaban J connectivity index is 2.70. The van der Waals surface area contributed by atoms with Crippen molar-refractivity contribution in [3.8, 4) is 0 Å². The number of carboxylic acid groups (broad SMARTS) is 1. The van der Waals surface area contributed by atoms with Crippen molar-refractivity contribution in [3.05, 3.63) is 16.8 Å². The van der Waals surface area contributed by atoms with Gasteiger partial charge in [0.2, 0.25) is 0 Å². The number of anilines is 1. The van der Waals surface area contributed by atoms with Crippen molar-refractivity contribution in [2.75, 3.05) is 25.6 Å². The fourth-order valence-corrected chi connectivity index (χ4v) is 1.57. The van der Waals surface area contributed by atoms with Crippen molar-refractivity contribution in [2.24, 2.45) is 0 Å². The normalized spacial score (nSPS) is 10.4. The minimum Gasteiger partial charge on any atom is -0.478 e. The number of unbranched alkanes of at least 4 members (excludes halogenated alkanes) is 1. The van der Waals surface area contributed by atoms with E-state index in [-0.39, 0.29) is 5.56 Å². The zero-order valence-corrected chi connectivity index (χ0v) is 11.0. The van der Waals surface area contributed by atoms with Crippen molar-refractivity contribution in [3.63, 3.8) is 0 Å². The van der Waals surface area contributed by atoms with Gasteiger partial charge < -0.3 is 15.2 Å². The standard InChI is InChI=1S/C12H19N3O3/c1-8-9(2)14-15-11(10(8)12(16)17)13-6-4-5-7-18-3/h4-7H2,1-3H3,(H,13,15)(H,16,17). The first-order chi connectivity index (χ1) is 8.57. The van der Waals surface area contributed by atoms with E-state index in [2.05, 4.69) is 15.5 Å². The summed E-state index contributed by atoms with van der Waals surface area (Å²) in [6, 6.07) is 0. The molecule has 0 radical (unpaired) electrons. The number of hydrogen-bond acceptors (Lipinski definition) is 5. The molecule has 0 aliphatic rings. The molecule has 6 heteroatoms. The van der Waals surface area contributed by atoms with Gasteiger partial charge in [0.05, 0.1) is 5.69 Å². The van der Waals surface area contributed by atoms with Gasteiger partial charge in [-0.1, -0.05) is 0 Å². The van der Waals surface area contributed by atoms with Gasteiger partial charge in [0.15, 0.2) is 5.82 Å². The Labute approximate surface area is 106 Å². The van der Waals surface area contributed by atoms with Crippen LogP contribution in [-0.4, -0.2) is 41.5 Å². The lowest BCUT2D eigenvalue weighted by Crippen LogP contribution is -2.14. The fourth-order valence-electron chi connectivity index (χ4n) is 1.57. The predicted octanol–water partition coefficient (Wildman–Crippen LogP) is 1.63. The van der Waals surface area contributed by atoms with Gasteiger partial charge in [-0.2, -0.15) is 5.10 Å². The number of nitrogens with one attached hydrogen (secondary N) is 1. The summed E-state index contributed by atoms with van der Waals surface area (Å²) < 4.78 is 4.94. The summed E-state index contributed by atoms with van der Waals surface area (Å²) in [5.74, 6) is -0.645. The van der Waals surface area contributed by atoms with Crippen LogP contribution in [0.15, 0.2) is 0 Å². The molecule has 0 atom stereocenters. The maximum Gasteiger partial charge on any atom is 0.339 e. The molecule has 0 fully saturated rings. The van der Waals surface area contributed by atoms with Gasteiger partial charge in [-0.05, 0) is 32.3 Å². The molecule has 100 valence electrons. The highest BCUT2D eigenvalue weighted by Gasteiger charge is 2.17.